The number of nitrogens with zero attached hydrogens (tertiary/aromatic N) is 2. The number of fused-ring (bicyclic) bond motifs is 3. The number of anilines is 1. The summed E-state index contributed by atoms with van der Waals surface area (Å²) in [6, 6.07) is 0. The topological polar surface area (TPSA) is 84.0 Å². The normalized spacial score (nSPS) is 18.1. The van der Waals surface area contributed by atoms with Crippen molar-refractivity contribution in [2.45, 2.75) is 32.6 Å². The number of sulfonamides is 1. The molecule has 6 nitrogen and oxygen atoms in total. The van der Waals surface area contributed by atoms with Crippen molar-refractivity contribution in [3.8, 4) is 0 Å². The lowest BCUT2D eigenvalue weighted by molar-refractivity contribution is 0.509. The van der Waals surface area contributed by atoms with Gasteiger partial charge in [-0.2, -0.15) is 0 Å². The molecule has 0 spiro atoms. The molecule has 0 fully saturated rings. The summed E-state index contributed by atoms with van der Waals surface area (Å²) in [5.41, 5.74) is 1.40. The Morgan fingerprint density at radius 2 is 2.17 bits per heavy atom. The molecule has 3 rings (SSSR count). The summed E-state index contributed by atoms with van der Waals surface area (Å²) in [5, 5.41) is 4.50. The number of hydrogen-bond acceptors (Lipinski definition) is 6. The lowest BCUT2D eigenvalue weighted by Crippen LogP contribution is -2.24. The first-order valence-electron chi connectivity index (χ1n) is 7.88. The zero-order chi connectivity index (χ0) is 16.4. The van der Waals surface area contributed by atoms with Crippen LogP contribution in [0.2, 0.25) is 0 Å². The van der Waals surface area contributed by atoms with Crippen LogP contribution in [0.4, 0.5) is 5.82 Å². The maximum atomic E-state index is 11.0. The van der Waals surface area contributed by atoms with Crippen molar-refractivity contribution >= 4 is 37.4 Å². The number of hydrogen-bond donors (Lipinski definition) is 2. The zero-order valence-electron chi connectivity index (χ0n) is 13.4. The molecule has 23 heavy (non-hydrogen) atoms. The van der Waals surface area contributed by atoms with Gasteiger partial charge in [0.1, 0.15) is 17.0 Å². The van der Waals surface area contributed by atoms with Gasteiger partial charge in [0.05, 0.1) is 11.6 Å². The van der Waals surface area contributed by atoms with Crippen LogP contribution in [0.15, 0.2) is 6.33 Å². The highest BCUT2D eigenvalue weighted by Crippen LogP contribution is 2.39. The van der Waals surface area contributed by atoms with Gasteiger partial charge in [-0.05, 0) is 37.2 Å². The van der Waals surface area contributed by atoms with Crippen molar-refractivity contribution in [2.75, 3.05) is 24.7 Å². The first-order chi connectivity index (χ1) is 10.9. The van der Waals surface area contributed by atoms with E-state index in [0.29, 0.717) is 19.5 Å². The van der Waals surface area contributed by atoms with Crippen LogP contribution >= 0.6 is 11.3 Å². The van der Waals surface area contributed by atoms with Crippen LogP contribution in [0.3, 0.4) is 0 Å². The summed E-state index contributed by atoms with van der Waals surface area (Å²) in [6.45, 7) is 3.40. The van der Waals surface area contributed by atoms with E-state index in [1.807, 2.05) is 0 Å². The Labute approximate surface area is 140 Å². The molecule has 2 heterocycles. The number of nitrogens with one attached hydrogen (secondary N) is 2. The highest BCUT2D eigenvalue weighted by atomic mass is 32.2. The Kier molecular flexibility index (Phi) is 4.84. The van der Waals surface area contributed by atoms with Gasteiger partial charge in [-0.1, -0.05) is 6.92 Å². The fourth-order valence-corrected chi connectivity index (χ4v) is 4.83. The van der Waals surface area contributed by atoms with Gasteiger partial charge in [-0.25, -0.2) is 23.1 Å². The second-order valence-corrected chi connectivity index (χ2v) is 9.12. The first kappa shape index (κ1) is 16.6. The van der Waals surface area contributed by atoms with E-state index >= 15 is 0 Å². The third-order valence-electron chi connectivity index (χ3n) is 4.10. The second-order valence-electron chi connectivity index (χ2n) is 6.20. The third-order valence-corrected chi connectivity index (χ3v) is 5.99. The van der Waals surface area contributed by atoms with E-state index < -0.39 is 10.0 Å². The lowest BCUT2D eigenvalue weighted by atomic mass is 9.89. The molecule has 0 unspecified atom stereocenters. The first-order valence-corrected chi connectivity index (χ1v) is 10.6. The molecule has 126 valence electrons. The lowest BCUT2D eigenvalue weighted by Gasteiger charge is -2.18. The number of thiophene rings is 1. The third kappa shape index (κ3) is 3.99. The van der Waals surface area contributed by atoms with E-state index in [1.165, 1.54) is 23.1 Å². The molecule has 1 aliphatic carbocycles. The van der Waals surface area contributed by atoms with Crippen LogP contribution in [0.1, 0.15) is 30.2 Å². The minimum absolute atomic E-state index is 0.430. The molecule has 2 N–H and O–H groups in total. The van der Waals surface area contributed by atoms with Crippen molar-refractivity contribution in [3.05, 3.63) is 16.8 Å². The fourth-order valence-electron chi connectivity index (χ4n) is 2.96. The van der Waals surface area contributed by atoms with Crippen LogP contribution in [0.5, 0.6) is 0 Å². The van der Waals surface area contributed by atoms with Crippen LogP contribution in [0.25, 0.3) is 10.2 Å². The van der Waals surface area contributed by atoms with Crippen LogP contribution in [0, 0.1) is 5.92 Å². The average molecular weight is 355 g/mol. The number of aryl methyl sites for hydroxylation is 1. The molecule has 1 atom stereocenters. The molecule has 1 aliphatic rings. The summed E-state index contributed by atoms with van der Waals surface area (Å²) in [4.78, 5) is 11.3. The molecule has 8 heteroatoms. The van der Waals surface area contributed by atoms with E-state index in [-0.39, 0.29) is 0 Å². The van der Waals surface area contributed by atoms with Crippen molar-refractivity contribution < 1.29 is 8.42 Å². The van der Waals surface area contributed by atoms with E-state index in [1.54, 1.807) is 17.7 Å². The largest absolute Gasteiger partial charge is 0.369 e. The summed E-state index contributed by atoms with van der Waals surface area (Å²) >= 11 is 1.78. The SMILES string of the molecule is C[C@@H]1CCc2c(sc3ncnc(NCCCNS(C)(=O)=O)c23)C1. The molecule has 0 aromatic carbocycles. The second kappa shape index (κ2) is 6.70. The summed E-state index contributed by atoms with van der Waals surface area (Å²) in [7, 11) is -3.11. The van der Waals surface area contributed by atoms with Gasteiger partial charge in [-0.3, -0.25) is 0 Å². The van der Waals surface area contributed by atoms with E-state index in [4.69, 9.17) is 0 Å². The molecule has 0 radical (unpaired) electrons. The van der Waals surface area contributed by atoms with Gasteiger partial charge in [0.15, 0.2) is 0 Å². The van der Waals surface area contributed by atoms with Gasteiger partial charge in [0, 0.05) is 18.0 Å². The Morgan fingerprint density at radius 1 is 1.35 bits per heavy atom. The molecule has 2 aromatic rings. The van der Waals surface area contributed by atoms with E-state index in [9.17, 15) is 8.42 Å². The molecular weight excluding hydrogens is 332 g/mol. The smallest absolute Gasteiger partial charge is 0.208 e. The summed E-state index contributed by atoms with van der Waals surface area (Å²) in [5.74, 6) is 1.61. The monoisotopic (exact) mass is 354 g/mol. The maximum absolute atomic E-state index is 11.0. The summed E-state index contributed by atoms with van der Waals surface area (Å²) in [6.07, 6.45) is 6.92. The van der Waals surface area contributed by atoms with Crippen molar-refractivity contribution in [1.82, 2.24) is 14.7 Å². The standard InChI is InChI=1S/C15H22N4O2S2/c1-10-4-5-11-12(8-10)22-15-13(11)14(17-9-18-15)16-6-3-7-19-23(2,20)21/h9-10,19H,3-8H2,1-2H3,(H,16,17,18)/t10-/m1/s1. The van der Waals surface area contributed by atoms with Gasteiger partial charge in [0.25, 0.3) is 0 Å². The molecule has 0 bridgehead atoms. The van der Waals surface area contributed by atoms with Crippen LogP contribution < -0.4 is 10.0 Å². The molecule has 0 saturated carbocycles. The van der Waals surface area contributed by atoms with Gasteiger partial charge in [-0.15, -0.1) is 11.3 Å². The van der Waals surface area contributed by atoms with Gasteiger partial charge < -0.3 is 5.32 Å². The van der Waals surface area contributed by atoms with Crippen molar-refractivity contribution in [2.24, 2.45) is 5.92 Å². The number of rotatable bonds is 6. The minimum atomic E-state index is -3.11. The predicted octanol–water partition coefficient (Wildman–Crippen LogP) is 2.17. The average Bonchev–Trinajstić information content (AvgIpc) is 2.83. The van der Waals surface area contributed by atoms with Crippen molar-refractivity contribution in [3.63, 3.8) is 0 Å². The highest BCUT2D eigenvalue weighted by molar-refractivity contribution is 7.88. The molecule has 0 aliphatic heterocycles. The zero-order valence-corrected chi connectivity index (χ0v) is 15.1. The highest BCUT2D eigenvalue weighted by Gasteiger charge is 2.22. The van der Waals surface area contributed by atoms with Gasteiger partial charge >= 0.3 is 0 Å². The summed E-state index contributed by atoms with van der Waals surface area (Å²) < 4.78 is 24.6. The maximum Gasteiger partial charge on any atom is 0.208 e. The molecule has 2 aromatic heterocycles. The van der Waals surface area contributed by atoms with E-state index in [0.717, 1.165) is 34.8 Å². The Bertz CT molecular complexity index is 801. The van der Waals surface area contributed by atoms with E-state index in [2.05, 4.69) is 26.9 Å². The number of aromatic nitrogens is 2. The molecular formula is C15H22N4O2S2. The minimum Gasteiger partial charge on any atom is -0.369 e. The quantitative estimate of drug-likeness (QED) is 0.777. The molecule has 0 amide bonds. The van der Waals surface area contributed by atoms with Crippen molar-refractivity contribution in [1.29, 1.82) is 0 Å². The Balaban J connectivity index is 1.71. The predicted molar refractivity (Wildman–Crippen MR) is 94.6 cm³/mol. The fraction of sp³-hybridized carbons (Fsp3) is 0.600. The van der Waals surface area contributed by atoms with Gasteiger partial charge in [0.2, 0.25) is 10.0 Å². The Morgan fingerprint density at radius 3 is 2.96 bits per heavy atom. The Hall–Kier alpha value is -1.25. The van der Waals surface area contributed by atoms with Crippen LogP contribution in [-0.4, -0.2) is 37.7 Å². The molecule has 0 saturated heterocycles. The van der Waals surface area contributed by atoms with Crippen LogP contribution in [-0.2, 0) is 22.9 Å².